The van der Waals surface area contributed by atoms with E-state index < -0.39 is 0 Å². The first-order valence-electron chi connectivity index (χ1n) is 6.81. The molecule has 0 amide bonds. The van der Waals surface area contributed by atoms with E-state index in [1.807, 2.05) is 32.0 Å². The van der Waals surface area contributed by atoms with Crippen molar-refractivity contribution in [1.29, 1.82) is 0 Å². The summed E-state index contributed by atoms with van der Waals surface area (Å²) in [6.45, 7) is 10.3. The molecule has 0 aliphatic heterocycles. The van der Waals surface area contributed by atoms with Gasteiger partial charge in [-0.3, -0.25) is 0 Å². The highest BCUT2D eigenvalue weighted by Gasteiger charge is 2.11. The van der Waals surface area contributed by atoms with Gasteiger partial charge in [0.05, 0.1) is 12.7 Å². The first-order valence-corrected chi connectivity index (χ1v) is 7.19. The van der Waals surface area contributed by atoms with E-state index in [0.29, 0.717) is 13.2 Å². The number of benzene rings is 1. The Morgan fingerprint density at radius 1 is 1.21 bits per heavy atom. The van der Waals surface area contributed by atoms with E-state index >= 15 is 0 Å². The molecule has 0 bridgehead atoms. The van der Waals surface area contributed by atoms with Gasteiger partial charge in [-0.1, -0.05) is 18.5 Å². The van der Waals surface area contributed by atoms with Crippen molar-refractivity contribution in [2.24, 2.45) is 0 Å². The maximum atomic E-state index is 6.06. The molecular weight excluding hydrogens is 262 g/mol. The van der Waals surface area contributed by atoms with Crippen molar-refractivity contribution in [3.63, 3.8) is 0 Å². The van der Waals surface area contributed by atoms with Gasteiger partial charge in [-0.2, -0.15) is 0 Å². The van der Waals surface area contributed by atoms with Crippen LogP contribution in [0.4, 0.5) is 0 Å². The Hall–Kier alpha value is -0.770. The minimum atomic E-state index is 0.213. The number of halogens is 1. The van der Waals surface area contributed by atoms with E-state index in [1.165, 1.54) is 0 Å². The molecule has 0 aromatic heterocycles. The normalized spacial score (nSPS) is 12.7. The molecule has 1 unspecified atom stereocenters. The Balaban J connectivity index is 2.65. The SMILES string of the molecule is CCNC(C)c1cc(Cl)ccc1OCCOC(C)C. The quantitative estimate of drug-likeness (QED) is 0.737. The molecule has 0 saturated heterocycles. The van der Waals surface area contributed by atoms with Gasteiger partial charge in [0, 0.05) is 16.6 Å². The lowest BCUT2D eigenvalue weighted by molar-refractivity contribution is 0.0549. The van der Waals surface area contributed by atoms with Crippen LogP contribution in [0.25, 0.3) is 0 Å². The molecule has 3 nitrogen and oxygen atoms in total. The van der Waals surface area contributed by atoms with Gasteiger partial charge in [-0.25, -0.2) is 0 Å². The third-order valence-corrected chi connectivity index (χ3v) is 2.98. The predicted molar refractivity (Wildman–Crippen MR) is 80.1 cm³/mol. The number of hydrogen-bond acceptors (Lipinski definition) is 3. The lowest BCUT2D eigenvalue weighted by atomic mass is 10.1. The number of hydrogen-bond donors (Lipinski definition) is 1. The third kappa shape index (κ3) is 5.81. The van der Waals surface area contributed by atoms with Gasteiger partial charge in [0.15, 0.2) is 0 Å². The molecule has 0 spiro atoms. The van der Waals surface area contributed by atoms with Gasteiger partial charge < -0.3 is 14.8 Å². The molecule has 1 aromatic carbocycles. The fourth-order valence-corrected chi connectivity index (χ4v) is 2.02. The van der Waals surface area contributed by atoms with E-state index in [9.17, 15) is 0 Å². The first kappa shape index (κ1) is 16.3. The summed E-state index contributed by atoms with van der Waals surface area (Å²) in [7, 11) is 0. The van der Waals surface area contributed by atoms with Crippen LogP contribution in [0.2, 0.25) is 5.02 Å². The molecule has 0 saturated carbocycles. The summed E-state index contributed by atoms with van der Waals surface area (Å²) < 4.78 is 11.3. The monoisotopic (exact) mass is 285 g/mol. The first-order chi connectivity index (χ1) is 9.04. The zero-order valence-electron chi connectivity index (χ0n) is 12.2. The summed E-state index contributed by atoms with van der Waals surface area (Å²) in [5.41, 5.74) is 1.08. The molecular formula is C15H24ClNO2. The summed E-state index contributed by atoms with van der Waals surface area (Å²) in [6, 6.07) is 5.93. The maximum Gasteiger partial charge on any atom is 0.124 e. The predicted octanol–water partition coefficient (Wildman–Crippen LogP) is 3.81. The molecule has 108 valence electrons. The van der Waals surface area contributed by atoms with Crippen LogP contribution < -0.4 is 10.1 Å². The van der Waals surface area contributed by atoms with Gasteiger partial charge in [-0.15, -0.1) is 0 Å². The van der Waals surface area contributed by atoms with Crippen molar-refractivity contribution in [3.05, 3.63) is 28.8 Å². The van der Waals surface area contributed by atoms with Crippen molar-refractivity contribution >= 4 is 11.6 Å². The van der Waals surface area contributed by atoms with Crippen molar-refractivity contribution < 1.29 is 9.47 Å². The number of ether oxygens (including phenoxy) is 2. The van der Waals surface area contributed by atoms with Crippen LogP contribution in [-0.2, 0) is 4.74 Å². The molecule has 0 radical (unpaired) electrons. The smallest absolute Gasteiger partial charge is 0.124 e. The lowest BCUT2D eigenvalue weighted by Crippen LogP contribution is -2.19. The zero-order valence-corrected chi connectivity index (χ0v) is 13.0. The molecule has 1 atom stereocenters. The fraction of sp³-hybridized carbons (Fsp3) is 0.600. The Morgan fingerprint density at radius 3 is 2.58 bits per heavy atom. The number of rotatable bonds is 8. The van der Waals surface area contributed by atoms with Gasteiger partial charge in [0.1, 0.15) is 12.4 Å². The second-order valence-corrected chi connectivity index (χ2v) is 5.17. The standard InChI is InChI=1S/C15H24ClNO2/c1-5-17-12(4)14-10-13(16)6-7-15(14)19-9-8-18-11(2)3/h6-7,10-12,17H,5,8-9H2,1-4H3. The van der Waals surface area contributed by atoms with Gasteiger partial charge in [0.2, 0.25) is 0 Å². The second kappa shape index (κ2) is 8.41. The Kier molecular flexibility index (Phi) is 7.21. The molecule has 4 heteroatoms. The summed E-state index contributed by atoms with van der Waals surface area (Å²) in [5, 5.41) is 4.10. The highest BCUT2D eigenvalue weighted by molar-refractivity contribution is 6.30. The highest BCUT2D eigenvalue weighted by Crippen LogP contribution is 2.28. The topological polar surface area (TPSA) is 30.5 Å². The van der Waals surface area contributed by atoms with E-state index in [4.69, 9.17) is 21.1 Å². The lowest BCUT2D eigenvalue weighted by Gasteiger charge is -2.18. The fourth-order valence-electron chi connectivity index (χ4n) is 1.84. The van der Waals surface area contributed by atoms with Crippen molar-refractivity contribution in [1.82, 2.24) is 5.32 Å². The molecule has 0 aliphatic carbocycles. The van der Waals surface area contributed by atoms with Crippen LogP contribution in [0.1, 0.15) is 39.3 Å². The van der Waals surface area contributed by atoms with Crippen LogP contribution in [0.5, 0.6) is 5.75 Å². The van der Waals surface area contributed by atoms with Crippen LogP contribution in [0.15, 0.2) is 18.2 Å². The maximum absolute atomic E-state index is 6.06. The van der Waals surface area contributed by atoms with Crippen LogP contribution >= 0.6 is 11.6 Å². The Bertz CT molecular complexity index is 382. The molecule has 0 heterocycles. The zero-order chi connectivity index (χ0) is 14.3. The van der Waals surface area contributed by atoms with E-state index in [-0.39, 0.29) is 12.1 Å². The minimum Gasteiger partial charge on any atom is -0.491 e. The third-order valence-electron chi connectivity index (χ3n) is 2.74. The summed E-state index contributed by atoms with van der Waals surface area (Å²) in [4.78, 5) is 0. The average Bonchev–Trinajstić information content (AvgIpc) is 2.36. The van der Waals surface area contributed by atoms with Crippen molar-refractivity contribution in [2.45, 2.75) is 39.8 Å². The largest absolute Gasteiger partial charge is 0.491 e. The van der Waals surface area contributed by atoms with Gasteiger partial charge in [-0.05, 0) is 45.5 Å². The molecule has 1 aromatic rings. The van der Waals surface area contributed by atoms with E-state index in [2.05, 4.69) is 19.2 Å². The summed E-state index contributed by atoms with van der Waals surface area (Å²) >= 11 is 6.06. The van der Waals surface area contributed by atoms with Crippen molar-refractivity contribution in [2.75, 3.05) is 19.8 Å². The van der Waals surface area contributed by atoms with E-state index in [1.54, 1.807) is 0 Å². The Morgan fingerprint density at radius 2 is 1.95 bits per heavy atom. The van der Waals surface area contributed by atoms with Crippen LogP contribution in [-0.4, -0.2) is 25.9 Å². The molecule has 19 heavy (non-hydrogen) atoms. The van der Waals surface area contributed by atoms with Crippen LogP contribution in [0.3, 0.4) is 0 Å². The van der Waals surface area contributed by atoms with E-state index in [0.717, 1.165) is 22.9 Å². The molecule has 1 N–H and O–H groups in total. The summed E-state index contributed by atoms with van der Waals surface area (Å²) in [5.74, 6) is 0.866. The van der Waals surface area contributed by atoms with Crippen LogP contribution in [0, 0.1) is 0 Å². The molecule has 0 fully saturated rings. The van der Waals surface area contributed by atoms with Gasteiger partial charge >= 0.3 is 0 Å². The average molecular weight is 286 g/mol. The molecule has 1 rings (SSSR count). The Labute approximate surface area is 121 Å². The highest BCUT2D eigenvalue weighted by atomic mass is 35.5. The molecule has 0 aliphatic rings. The van der Waals surface area contributed by atoms with Crippen molar-refractivity contribution in [3.8, 4) is 5.75 Å². The number of nitrogens with one attached hydrogen (secondary N) is 1. The minimum absolute atomic E-state index is 0.213. The second-order valence-electron chi connectivity index (χ2n) is 4.73. The van der Waals surface area contributed by atoms with Gasteiger partial charge in [0.25, 0.3) is 0 Å². The summed E-state index contributed by atoms with van der Waals surface area (Å²) in [6.07, 6.45) is 0.231.